The quantitative estimate of drug-likeness (QED) is 0.670. The number of fused-ring (bicyclic) bond motifs is 2. The zero-order chi connectivity index (χ0) is 9.71. The molecule has 0 aromatic rings. The molecule has 2 bridgehead atoms. The number of nitrogens with one attached hydrogen (secondary N) is 1. The van der Waals surface area contributed by atoms with Crippen LogP contribution in [0.3, 0.4) is 0 Å². The highest BCUT2D eigenvalue weighted by Gasteiger charge is 2.46. The Morgan fingerprint density at radius 2 is 2.21 bits per heavy atom. The molecule has 0 aromatic heterocycles. The number of rotatable bonds is 1. The summed E-state index contributed by atoms with van der Waals surface area (Å²) < 4.78 is 0. The Bertz CT molecular complexity index is 266. The minimum Gasteiger partial charge on any atom is -0.329 e. The van der Waals surface area contributed by atoms with E-state index in [2.05, 4.69) is 5.32 Å². The first-order valence-electron chi connectivity index (χ1n) is 5.75. The highest BCUT2D eigenvalue weighted by Crippen LogP contribution is 2.50. The molecule has 0 spiro atoms. The van der Waals surface area contributed by atoms with Gasteiger partial charge in [-0.3, -0.25) is 10.1 Å². The lowest BCUT2D eigenvalue weighted by atomic mass is 9.86. The average molecular weight is 194 g/mol. The molecule has 2 saturated carbocycles. The minimum absolute atomic E-state index is 0.262. The van der Waals surface area contributed by atoms with Crippen LogP contribution in [0.25, 0.3) is 0 Å². The zero-order valence-electron chi connectivity index (χ0n) is 8.70. The second-order valence-corrected chi connectivity index (χ2v) is 5.17. The van der Waals surface area contributed by atoms with Gasteiger partial charge in [0.05, 0.1) is 12.7 Å². The van der Waals surface area contributed by atoms with Crippen LogP contribution in [0, 0.1) is 17.8 Å². The molecule has 3 rings (SSSR count). The molecular weight excluding hydrogens is 176 g/mol. The highest BCUT2D eigenvalue weighted by molar-refractivity contribution is 5.80. The first kappa shape index (κ1) is 8.72. The summed E-state index contributed by atoms with van der Waals surface area (Å²) >= 11 is 0. The lowest BCUT2D eigenvalue weighted by Crippen LogP contribution is -2.42. The lowest BCUT2D eigenvalue weighted by molar-refractivity contribution is -0.127. The van der Waals surface area contributed by atoms with Crippen LogP contribution < -0.4 is 5.32 Å². The van der Waals surface area contributed by atoms with E-state index in [0.29, 0.717) is 12.7 Å². The topological polar surface area (TPSA) is 32.3 Å². The maximum Gasteiger partial charge on any atom is 0.237 e. The summed E-state index contributed by atoms with van der Waals surface area (Å²) in [6.07, 6.45) is 5.95. The lowest BCUT2D eigenvalue weighted by Gasteiger charge is -2.31. The van der Waals surface area contributed by atoms with Crippen molar-refractivity contribution >= 4 is 5.91 Å². The van der Waals surface area contributed by atoms with Gasteiger partial charge in [-0.1, -0.05) is 6.42 Å². The fourth-order valence-corrected chi connectivity index (χ4v) is 3.73. The van der Waals surface area contributed by atoms with E-state index in [-0.39, 0.29) is 5.91 Å². The van der Waals surface area contributed by atoms with Gasteiger partial charge in [-0.25, -0.2) is 0 Å². The summed E-state index contributed by atoms with van der Waals surface area (Å²) in [6, 6.07) is 0. The van der Waals surface area contributed by atoms with Crippen molar-refractivity contribution in [2.24, 2.45) is 17.8 Å². The van der Waals surface area contributed by atoms with Crippen molar-refractivity contribution in [1.29, 1.82) is 0 Å². The largest absolute Gasteiger partial charge is 0.329 e. The summed E-state index contributed by atoms with van der Waals surface area (Å²) in [5, 5.41) is 3.36. The third-order valence-corrected chi connectivity index (χ3v) is 4.47. The predicted molar refractivity (Wildman–Crippen MR) is 53.5 cm³/mol. The average Bonchev–Trinajstić information content (AvgIpc) is 2.84. The Morgan fingerprint density at radius 1 is 1.36 bits per heavy atom. The van der Waals surface area contributed by atoms with Crippen molar-refractivity contribution in [2.75, 3.05) is 13.6 Å². The van der Waals surface area contributed by atoms with Crippen LogP contribution in [0.1, 0.15) is 25.7 Å². The van der Waals surface area contributed by atoms with E-state index in [1.807, 2.05) is 11.9 Å². The third-order valence-electron chi connectivity index (χ3n) is 4.47. The maximum absolute atomic E-state index is 11.4. The molecule has 0 radical (unpaired) electrons. The monoisotopic (exact) mass is 194 g/mol. The maximum atomic E-state index is 11.4. The van der Waals surface area contributed by atoms with E-state index in [0.717, 1.165) is 17.8 Å². The van der Waals surface area contributed by atoms with Gasteiger partial charge in [-0.15, -0.1) is 0 Å². The van der Waals surface area contributed by atoms with Crippen molar-refractivity contribution in [3.8, 4) is 0 Å². The van der Waals surface area contributed by atoms with Gasteiger partial charge < -0.3 is 4.90 Å². The van der Waals surface area contributed by atoms with Crippen molar-refractivity contribution in [2.45, 2.75) is 31.8 Å². The molecule has 2 aliphatic carbocycles. The van der Waals surface area contributed by atoms with Gasteiger partial charge in [-0.2, -0.15) is 0 Å². The van der Waals surface area contributed by atoms with E-state index in [1.54, 1.807) is 0 Å². The van der Waals surface area contributed by atoms with Crippen molar-refractivity contribution < 1.29 is 4.79 Å². The molecule has 3 heteroatoms. The van der Waals surface area contributed by atoms with Crippen LogP contribution in [-0.2, 0) is 4.79 Å². The Hall–Kier alpha value is -0.570. The second-order valence-electron chi connectivity index (χ2n) is 5.17. The van der Waals surface area contributed by atoms with E-state index in [1.165, 1.54) is 25.7 Å². The zero-order valence-corrected chi connectivity index (χ0v) is 8.70. The number of carbonyl (C=O) groups is 1. The van der Waals surface area contributed by atoms with E-state index in [4.69, 9.17) is 0 Å². The number of hydrogen-bond donors (Lipinski definition) is 1. The smallest absolute Gasteiger partial charge is 0.237 e. The molecule has 1 saturated heterocycles. The Labute approximate surface area is 84.8 Å². The van der Waals surface area contributed by atoms with Gasteiger partial charge in [0.2, 0.25) is 5.91 Å². The highest BCUT2D eigenvalue weighted by atomic mass is 16.2. The normalized spacial score (nSPS) is 46.6. The summed E-state index contributed by atoms with van der Waals surface area (Å²) in [6.45, 7) is 0.551. The number of hydrogen-bond acceptors (Lipinski definition) is 2. The SMILES string of the molecule is CN1C(=O)CNC1C1CC2CCC1C2. The van der Waals surface area contributed by atoms with Gasteiger partial charge in [-0.05, 0) is 37.0 Å². The van der Waals surface area contributed by atoms with Crippen molar-refractivity contribution in [3.63, 3.8) is 0 Å². The summed E-state index contributed by atoms with van der Waals surface area (Å²) in [7, 11) is 1.94. The first-order chi connectivity index (χ1) is 6.75. The van der Waals surface area contributed by atoms with Gasteiger partial charge in [0.25, 0.3) is 0 Å². The molecule has 4 unspecified atom stereocenters. The summed E-state index contributed by atoms with van der Waals surface area (Å²) in [5.41, 5.74) is 0. The molecule has 4 atom stereocenters. The van der Waals surface area contributed by atoms with Gasteiger partial charge >= 0.3 is 0 Å². The van der Waals surface area contributed by atoms with E-state index >= 15 is 0 Å². The van der Waals surface area contributed by atoms with Gasteiger partial charge in [0, 0.05) is 7.05 Å². The molecule has 3 fully saturated rings. The van der Waals surface area contributed by atoms with E-state index < -0.39 is 0 Å². The van der Waals surface area contributed by atoms with Gasteiger partial charge in [0.15, 0.2) is 0 Å². The van der Waals surface area contributed by atoms with Gasteiger partial charge in [0.1, 0.15) is 0 Å². The number of amides is 1. The molecule has 78 valence electrons. The number of nitrogens with zero attached hydrogens (tertiary/aromatic N) is 1. The molecular formula is C11H18N2O. The fourth-order valence-electron chi connectivity index (χ4n) is 3.73. The minimum atomic E-state index is 0.262. The van der Waals surface area contributed by atoms with E-state index in [9.17, 15) is 4.79 Å². The molecule has 1 N–H and O–H groups in total. The number of likely N-dealkylation sites (N-methyl/N-ethyl adjacent to an activating group) is 1. The van der Waals surface area contributed by atoms with Crippen LogP contribution in [0.5, 0.6) is 0 Å². The van der Waals surface area contributed by atoms with Crippen LogP contribution >= 0.6 is 0 Å². The molecule has 1 heterocycles. The van der Waals surface area contributed by atoms with Crippen LogP contribution in [0.4, 0.5) is 0 Å². The molecule has 0 aromatic carbocycles. The summed E-state index contributed by atoms with van der Waals surface area (Å²) in [4.78, 5) is 13.3. The van der Waals surface area contributed by atoms with Crippen LogP contribution in [0.15, 0.2) is 0 Å². The van der Waals surface area contributed by atoms with Crippen LogP contribution in [-0.4, -0.2) is 30.6 Å². The first-order valence-corrected chi connectivity index (χ1v) is 5.75. The molecule has 14 heavy (non-hydrogen) atoms. The molecule has 1 aliphatic heterocycles. The predicted octanol–water partition coefficient (Wildman–Crippen LogP) is 0.810. The molecule has 3 aliphatic rings. The Morgan fingerprint density at radius 3 is 2.71 bits per heavy atom. The van der Waals surface area contributed by atoms with Crippen molar-refractivity contribution in [3.05, 3.63) is 0 Å². The Kier molecular flexibility index (Phi) is 1.84. The van der Waals surface area contributed by atoms with Crippen LogP contribution in [0.2, 0.25) is 0 Å². The second kappa shape index (κ2) is 2.96. The fraction of sp³-hybridized carbons (Fsp3) is 0.909. The standard InChI is InChI=1S/C11H18N2O/c1-13-10(14)6-12-11(13)9-5-7-2-3-8(9)4-7/h7-9,11-12H,2-6H2,1H3. The molecule has 1 amide bonds. The third kappa shape index (κ3) is 1.11. The van der Waals surface area contributed by atoms with Crippen molar-refractivity contribution in [1.82, 2.24) is 10.2 Å². The molecule has 3 nitrogen and oxygen atoms in total. The number of carbonyl (C=O) groups excluding carboxylic acids is 1. The Balaban J connectivity index is 1.74. The summed E-state index contributed by atoms with van der Waals surface area (Å²) in [5.74, 6) is 2.87.